The Morgan fingerprint density at radius 3 is 2.00 bits per heavy atom. The van der Waals surface area contributed by atoms with Gasteiger partial charge in [-0.15, -0.1) is 6.42 Å². The van der Waals surface area contributed by atoms with E-state index in [0.29, 0.717) is 0 Å². The molecule has 2 aromatic carbocycles. The molecule has 0 heteroatoms. The van der Waals surface area contributed by atoms with Crippen molar-refractivity contribution in [2.24, 2.45) is 0 Å². The maximum absolute atomic E-state index is 5.09. The molecule has 0 saturated heterocycles. The lowest BCUT2D eigenvalue weighted by Crippen LogP contribution is -1.90. The first kappa shape index (κ1) is 12.0. The minimum Gasteiger partial charge on any atom is -0.106 e. The first-order chi connectivity index (χ1) is 8.88. The number of hydrogen-bond acceptors (Lipinski definition) is 0. The Hall–Kier alpha value is -2.44. The zero-order chi connectivity index (χ0) is 12.6. The van der Waals surface area contributed by atoms with Gasteiger partial charge in [0.1, 0.15) is 0 Å². The Balaban J connectivity index is 1.97. The van der Waals surface area contributed by atoms with Gasteiger partial charge in [0.25, 0.3) is 0 Å². The highest BCUT2D eigenvalue weighted by Gasteiger charge is 1.95. The average molecular weight is 230 g/mol. The molecule has 0 saturated carbocycles. The van der Waals surface area contributed by atoms with Crippen LogP contribution in [0.25, 0.3) is 0 Å². The molecular formula is C18H14. The van der Waals surface area contributed by atoms with Gasteiger partial charge in [-0.1, -0.05) is 48.4 Å². The van der Waals surface area contributed by atoms with Gasteiger partial charge in [-0.25, -0.2) is 0 Å². The van der Waals surface area contributed by atoms with E-state index in [1.165, 1.54) is 11.1 Å². The van der Waals surface area contributed by atoms with Crippen LogP contribution in [-0.2, 0) is 12.8 Å². The number of aryl methyl sites for hydroxylation is 2. The molecule has 0 unspecified atom stereocenters. The second kappa shape index (κ2) is 6.33. The monoisotopic (exact) mass is 230 g/mol. The van der Waals surface area contributed by atoms with E-state index >= 15 is 0 Å². The molecule has 2 rings (SSSR count). The lowest BCUT2D eigenvalue weighted by molar-refractivity contribution is 0.960. The number of benzene rings is 2. The first-order valence-electron chi connectivity index (χ1n) is 5.98. The molecule has 0 amide bonds. The zero-order valence-corrected chi connectivity index (χ0v) is 10.2. The van der Waals surface area contributed by atoms with E-state index < -0.39 is 0 Å². The Bertz CT molecular complexity index is 586. The van der Waals surface area contributed by atoms with E-state index in [2.05, 4.69) is 54.2 Å². The molecular weight excluding hydrogens is 216 g/mol. The summed E-state index contributed by atoms with van der Waals surface area (Å²) in [5, 5.41) is 0. The van der Waals surface area contributed by atoms with Crippen LogP contribution in [0.5, 0.6) is 0 Å². The third kappa shape index (κ3) is 3.55. The molecule has 0 atom stereocenters. The fraction of sp³-hybridized carbons (Fsp3) is 0.111. The maximum atomic E-state index is 5.09. The smallest absolute Gasteiger partial charge is 0.0255 e. The van der Waals surface area contributed by atoms with E-state index in [1.807, 2.05) is 18.2 Å². The number of terminal acetylenes is 1. The summed E-state index contributed by atoms with van der Waals surface area (Å²) in [6.07, 6.45) is 7.21. The summed E-state index contributed by atoms with van der Waals surface area (Å²) >= 11 is 0. The van der Waals surface area contributed by atoms with Crippen LogP contribution in [0.1, 0.15) is 16.7 Å². The molecule has 18 heavy (non-hydrogen) atoms. The summed E-state index contributed by atoms with van der Waals surface area (Å²) in [7, 11) is 0. The van der Waals surface area contributed by atoms with Crippen molar-refractivity contribution in [3.8, 4) is 24.2 Å². The molecule has 0 heterocycles. The van der Waals surface area contributed by atoms with Crippen molar-refractivity contribution in [2.45, 2.75) is 12.8 Å². The van der Waals surface area contributed by atoms with Crippen LogP contribution >= 0.6 is 0 Å². The highest BCUT2D eigenvalue weighted by atomic mass is 14.0. The predicted molar refractivity (Wildman–Crippen MR) is 76.0 cm³/mol. The molecule has 0 radical (unpaired) electrons. The topological polar surface area (TPSA) is 0 Å². The molecule has 0 nitrogen and oxygen atoms in total. The van der Waals surface area contributed by atoms with E-state index in [9.17, 15) is 0 Å². The summed E-state index contributed by atoms with van der Waals surface area (Å²) < 4.78 is 0. The van der Waals surface area contributed by atoms with Crippen LogP contribution in [0, 0.1) is 24.2 Å². The first-order valence-corrected chi connectivity index (χ1v) is 5.98. The molecule has 0 bridgehead atoms. The van der Waals surface area contributed by atoms with Crippen LogP contribution in [0.2, 0.25) is 0 Å². The van der Waals surface area contributed by atoms with Gasteiger partial charge in [-0.05, 0) is 47.9 Å². The largest absolute Gasteiger partial charge is 0.106 e. The molecule has 0 N–H and O–H groups in total. The van der Waals surface area contributed by atoms with Gasteiger partial charge in [0.05, 0.1) is 0 Å². The van der Waals surface area contributed by atoms with Crippen LogP contribution < -0.4 is 0 Å². The summed E-state index contributed by atoms with van der Waals surface area (Å²) in [5.41, 5.74) is 3.66. The van der Waals surface area contributed by atoms with Crippen molar-refractivity contribution in [3.05, 3.63) is 71.3 Å². The second-order valence-corrected chi connectivity index (χ2v) is 4.08. The lowest BCUT2D eigenvalue weighted by atomic mass is 10.0. The van der Waals surface area contributed by atoms with E-state index in [0.717, 1.165) is 18.4 Å². The van der Waals surface area contributed by atoms with Crippen molar-refractivity contribution in [1.82, 2.24) is 0 Å². The molecule has 0 fully saturated rings. The van der Waals surface area contributed by atoms with Gasteiger partial charge in [0.2, 0.25) is 0 Å². The third-order valence-electron chi connectivity index (χ3n) is 2.78. The van der Waals surface area contributed by atoms with Crippen molar-refractivity contribution in [3.63, 3.8) is 0 Å². The van der Waals surface area contributed by atoms with Gasteiger partial charge in [0.15, 0.2) is 0 Å². The van der Waals surface area contributed by atoms with Gasteiger partial charge >= 0.3 is 0 Å². The minimum absolute atomic E-state index is 0.969. The Labute approximate surface area is 109 Å². The lowest BCUT2D eigenvalue weighted by Gasteiger charge is -2.02. The maximum Gasteiger partial charge on any atom is 0.0255 e. The van der Waals surface area contributed by atoms with Crippen LogP contribution in [-0.4, -0.2) is 0 Å². The van der Waals surface area contributed by atoms with Crippen LogP contribution in [0.4, 0.5) is 0 Å². The van der Waals surface area contributed by atoms with Crippen molar-refractivity contribution >= 4 is 0 Å². The van der Waals surface area contributed by atoms with Gasteiger partial charge in [-0.2, -0.15) is 0 Å². The molecule has 0 aliphatic heterocycles. The van der Waals surface area contributed by atoms with Gasteiger partial charge < -0.3 is 0 Å². The third-order valence-corrected chi connectivity index (χ3v) is 2.78. The van der Waals surface area contributed by atoms with E-state index in [1.54, 1.807) is 0 Å². The summed E-state index contributed by atoms with van der Waals surface area (Å²) in [4.78, 5) is 0. The molecule has 86 valence electrons. The standard InChI is InChI=1S/C18H14/c1-2-3-7-17-11-14-18(15-12-17)13-10-16-8-5-4-6-9-16/h1,4-6,8-9,11-12,14-15H,10,13H2. The minimum atomic E-state index is 0.969. The number of hydrogen-bond donors (Lipinski definition) is 0. The van der Waals surface area contributed by atoms with Crippen LogP contribution in [0.3, 0.4) is 0 Å². The molecule has 0 aliphatic rings. The van der Waals surface area contributed by atoms with E-state index in [4.69, 9.17) is 6.42 Å². The zero-order valence-electron chi connectivity index (χ0n) is 10.2. The fourth-order valence-electron chi connectivity index (χ4n) is 1.80. The van der Waals surface area contributed by atoms with Gasteiger partial charge in [-0.3, -0.25) is 0 Å². The van der Waals surface area contributed by atoms with Crippen molar-refractivity contribution in [2.75, 3.05) is 0 Å². The van der Waals surface area contributed by atoms with Crippen molar-refractivity contribution in [1.29, 1.82) is 0 Å². The van der Waals surface area contributed by atoms with E-state index in [-0.39, 0.29) is 0 Å². The fourth-order valence-corrected chi connectivity index (χ4v) is 1.80. The Kier molecular flexibility index (Phi) is 4.23. The quantitative estimate of drug-likeness (QED) is 0.708. The van der Waals surface area contributed by atoms with Crippen molar-refractivity contribution < 1.29 is 0 Å². The summed E-state index contributed by atoms with van der Waals surface area (Å²) in [5.74, 6) is 7.85. The van der Waals surface area contributed by atoms with Gasteiger partial charge in [0, 0.05) is 5.56 Å². The molecule has 0 spiro atoms. The predicted octanol–water partition coefficient (Wildman–Crippen LogP) is 3.46. The second-order valence-electron chi connectivity index (χ2n) is 4.08. The highest BCUT2D eigenvalue weighted by Crippen LogP contribution is 2.08. The molecule has 0 aromatic heterocycles. The summed E-state index contributed by atoms with van der Waals surface area (Å²) in [6.45, 7) is 0. The molecule has 2 aromatic rings. The SMILES string of the molecule is C#CC#Cc1ccc(CCc2ccccc2)cc1. The Morgan fingerprint density at radius 1 is 0.778 bits per heavy atom. The highest BCUT2D eigenvalue weighted by molar-refractivity contribution is 5.40. The molecule has 0 aliphatic carbocycles. The Morgan fingerprint density at radius 2 is 1.39 bits per heavy atom. The summed E-state index contributed by atoms with van der Waals surface area (Å²) in [6, 6.07) is 18.8. The average Bonchev–Trinajstić information content (AvgIpc) is 2.45. The van der Waals surface area contributed by atoms with Crippen LogP contribution in [0.15, 0.2) is 54.6 Å². The normalized spacial score (nSPS) is 9.06. The number of rotatable bonds is 3.